The van der Waals surface area contributed by atoms with Gasteiger partial charge in [-0.3, -0.25) is 0 Å². The van der Waals surface area contributed by atoms with Gasteiger partial charge in [-0.1, -0.05) is 24.3 Å². The number of benzene rings is 2. The molecular formula is C18H17FO2. The third-order valence-electron chi connectivity index (χ3n) is 4.63. The Balaban J connectivity index is 1.48. The fourth-order valence-corrected chi connectivity index (χ4v) is 3.63. The highest BCUT2D eigenvalue weighted by molar-refractivity contribution is 5.38. The highest BCUT2D eigenvalue weighted by Crippen LogP contribution is 2.41. The maximum atomic E-state index is 13.2. The van der Waals surface area contributed by atoms with Crippen LogP contribution in [0.3, 0.4) is 0 Å². The van der Waals surface area contributed by atoms with Gasteiger partial charge in [-0.25, -0.2) is 4.39 Å². The molecule has 1 aliphatic heterocycles. The smallest absolute Gasteiger partial charge is 0.123 e. The van der Waals surface area contributed by atoms with Crippen molar-refractivity contribution in [1.29, 1.82) is 0 Å². The van der Waals surface area contributed by atoms with Crippen LogP contribution < -0.4 is 4.74 Å². The molecular weight excluding hydrogens is 267 g/mol. The van der Waals surface area contributed by atoms with Crippen LogP contribution >= 0.6 is 0 Å². The zero-order valence-corrected chi connectivity index (χ0v) is 11.6. The van der Waals surface area contributed by atoms with Crippen molar-refractivity contribution in [2.24, 2.45) is 5.92 Å². The molecule has 0 spiro atoms. The van der Waals surface area contributed by atoms with E-state index in [1.54, 1.807) is 12.1 Å². The summed E-state index contributed by atoms with van der Waals surface area (Å²) in [6, 6.07) is 12.7. The number of aliphatic hydroxyl groups excluding tert-OH is 1. The van der Waals surface area contributed by atoms with Crippen molar-refractivity contribution >= 4 is 0 Å². The molecule has 0 saturated heterocycles. The molecule has 3 atom stereocenters. The average molecular weight is 284 g/mol. The summed E-state index contributed by atoms with van der Waals surface area (Å²) in [6.07, 6.45) is 2.04. The lowest BCUT2D eigenvalue weighted by molar-refractivity contribution is 0.0881. The van der Waals surface area contributed by atoms with Gasteiger partial charge in [0.1, 0.15) is 17.7 Å². The Labute approximate surface area is 123 Å². The normalized spacial score (nSPS) is 26.3. The number of hydrogen-bond donors (Lipinski definition) is 1. The quantitative estimate of drug-likeness (QED) is 0.915. The largest absolute Gasteiger partial charge is 0.490 e. The van der Waals surface area contributed by atoms with E-state index in [1.807, 2.05) is 18.2 Å². The molecule has 2 aromatic carbocycles. The first-order valence-corrected chi connectivity index (χ1v) is 7.41. The van der Waals surface area contributed by atoms with Crippen LogP contribution in [-0.2, 0) is 12.8 Å². The molecule has 2 nitrogen and oxygen atoms in total. The van der Waals surface area contributed by atoms with Gasteiger partial charge in [-0.05, 0) is 48.1 Å². The molecule has 0 amide bonds. The van der Waals surface area contributed by atoms with Gasteiger partial charge < -0.3 is 9.84 Å². The van der Waals surface area contributed by atoms with Crippen molar-refractivity contribution in [1.82, 2.24) is 0 Å². The van der Waals surface area contributed by atoms with Gasteiger partial charge in [0.05, 0.1) is 6.10 Å². The standard InChI is InChI=1S/C18H17FO2/c19-14-5-6-17-12(8-14)9-15(21-17)10-13-7-11-3-1-2-4-16(11)18(13)20/h1-6,8,13,15,18,20H,7,9-10H2. The monoisotopic (exact) mass is 284 g/mol. The van der Waals surface area contributed by atoms with E-state index < -0.39 is 6.10 Å². The summed E-state index contributed by atoms with van der Waals surface area (Å²) >= 11 is 0. The van der Waals surface area contributed by atoms with Crippen LogP contribution in [0.4, 0.5) is 4.39 Å². The predicted molar refractivity (Wildman–Crippen MR) is 77.7 cm³/mol. The molecule has 1 heterocycles. The van der Waals surface area contributed by atoms with Gasteiger partial charge in [0.25, 0.3) is 0 Å². The van der Waals surface area contributed by atoms with Crippen molar-refractivity contribution in [3.63, 3.8) is 0 Å². The lowest BCUT2D eigenvalue weighted by Crippen LogP contribution is -2.20. The maximum absolute atomic E-state index is 13.2. The molecule has 3 unspecified atom stereocenters. The molecule has 1 N–H and O–H groups in total. The van der Waals surface area contributed by atoms with E-state index in [0.29, 0.717) is 0 Å². The minimum atomic E-state index is -0.412. The molecule has 0 saturated carbocycles. The number of hydrogen-bond acceptors (Lipinski definition) is 2. The Morgan fingerprint density at radius 1 is 1.10 bits per heavy atom. The van der Waals surface area contributed by atoms with Gasteiger partial charge in [-0.2, -0.15) is 0 Å². The highest BCUT2D eigenvalue weighted by Gasteiger charge is 2.34. The number of rotatable bonds is 2. The van der Waals surface area contributed by atoms with E-state index in [4.69, 9.17) is 4.74 Å². The topological polar surface area (TPSA) is 29.5 Å². The third kappa shape index (κ3) is 2.22. The van der Waals surface area contributed by atoms with Crippen molar-refractivity contribution < 1.29 is 14.2 Å². The Hall–Kier alpha value is -1.87. The van der Waals surface area contributed by atoms with E-state index in [1.165, 1.54) is 11.6 Å². The van der Waals surface area contributed by atoms with E-state index in [0.717, 1.165) is 36.1 Å². The van der Waals surface area contributed by atoms with E-state index >= 15 is 0 Å². The molecule has 2 aromatic rings. The first-order valence-electron chi connectivity index (χ1n) is 7.41. The molecule has 0 radical (unpaired) electrons. The van der Waals surface area contributed by atoms with Crippen LogP contribution in [0.2, 0.25) is 0 Å². The second kappa shape index (κ2) is 4.85. The van der Waals surface area contributed by atoms with Crippen LogP contribution in [-0.4, -0.2) is 11.2 Å². The molecule has 2 aliphatic rings. The molecule has 0 bridgehead atoms. The van der Waals surface area contributed by atoms with Gasteiger partial charge >= 0.3 is 0 Å². The van der Waals surface area contributed by atoms with Gasteiger partial charge in [0.2, 0.25) is 0 Å². The summed E-state index contributed by atoms with van der Waals surface area (Å²) in [5.41, 5.74) is 3.21. The molecule has 0 fully saturated rings. The van der Waals surface area contributed by atoms with Crippen molar-refractivity contribution in [2.45, 2.75) is 31.5 Å². The van der Waals surface area contributed by atoms with E-state index in [-0.39, 0.29) is 17.8 Å². The van der Waals surface area contributed by atoms with Crippen LogP contribution in [0.15, 0.2) is 42.5 Å². The lowest BCUT2D eigenvalue weighted by Gasteiger charge is -2.19. The molecule has 1 aliphatic carbocycles. The first kappa shape index (κ1) is 12.8. The molecule has 108 valence electrons. The Kier molecular flexibility index (Phi) is 2.96. The molecule has 3 heteroatoms. The summed E-state index contributed by atoms with van der Waals surface area (Å²) in [5, 5.41) is 10.4. The summed E-state index contributed by atoms with van der Waals surface area (Å²) in [4.78, 5) is 0. The molecule has 21 heavy (non-hydrogen) atoms. The Morgan fingerprint density at radius 2 is 1.95 bits per heavy atom. The van der Waals surface area contributed by atoms with Crippen LogP contribution in [0.1, 0.15) is 29.2 Å². The summed E-state index contributed by atoms with van der Waals surface area (Å²) in [6.45, 7) is 0. The second-order valence-electron chi connectivity index (χ2n) is 6.04. The van der Waals surface area contributed by atoms with Gasteiger partial charge in [0.15, 0.2) is 0 Å². The maximum Gasteiger partial charge on any atom is 0.123 e. The van der Waals surface area contributed by atoms with Gasteiger partial charge in [-0.15, -0.1) is 0 Å². The summed E-state index contributed by atoms with van der Waals surface area (Å²) < 4.78 is 19.1. The van der Waals surface area contributed by atoms with Crippen LogP contribution in [0, 0.1) is 11.7 Å². The van der Waals surface area contributed by atoms with E-state index in [2.05, 4.69) is 6.07 Å². The first-order chi connectivity index (χ1) is 10.2. The number of aliphatic hydroxyl groups is 1. The summed E-state index contributed by atoms with van der Waals surface area (Å²) in [5.74, 6) is 0.754. The number of ether oxygens (including phenoxy) is 1. The third-order valence-corrected chi connectivity index (χ3v) is 4.63. The van der Waals surface area contributed by atoms with E-state index in [9.17, 15) is 9.50 Å². The minimum absolute atomic E-state index is 0.0377. The minimum Gasteiger partial charge on any atom is -0.490 e. The SMILES string of the molecule is OC1c2ccccc2CC1CC1Cc2cc(F)ccc2O1. The fourth-order valence-electron chi connectivity index (χ4n) is 3.63. The van der Waals surface area contributed by atoms with Crippen molar-refractivity contribution in [3.05, 3.63) is 65.0 Å². The van der Waals surface area contributed by atoms with Crippen molar-refractivity contribution in [2.75, 3.05) is 0 Å². The fraction of sp³-hybridized carbons (Fsp3) is 0.333. The van der Waals surface area contributed by atoms with Crippen LogP contribution in [0.25, 0.3) is 0 Å². The lowest BCUT2D eigenvalue weighted by atomic mass is 9.94. The Bertz CT molecular complexity index is 683. The highest BCUT2D eigenvalue weighted by atomic mass is 19.1. The zero-order valence-electron chi connectivity index (χ0n) is 11.6. The summed E-state index contributed by atoms with van der Waals surface area (Å²) in [7, 11) is 0. The van der Waals surface area contributed by atoms with Crippen LogP contribution in [0.5, 0.6) is 5.75 Å². The predicted octanol–water partition coefficient (Wildman–Crippen LogP) is 3.43. The zero-order chi connectivity index (χ0) is 14.4. The second-order valence-corrected chi connectivity index (χ2v) is 6.04. The number of fused-ring (bicyclic) bond motifs is 2. The molecule has 0 aromatic heterocycles. The average Bonchev–Trinajstić information content (AvgIpc) is 3.01. The van der Waals surface area contributed by atoms with Crippen molar-refractivity contribution in [3.8, 4) is 5.75 Å². The molecule has 4 rings (SSSR count). The number of halogens is 1. The van der Waals surface area contributed by atoms with Gasteiger partial charge in [0, 0.05) is 12.0 Å². The Morgan fingerprint density at radius 3 is 2.81 bits per heavy atom.